The first-order valence-electron chi connectivity index (χ1n) is 9.28. The highest BCUT2D eigenvalue weighted by Crippen LogP contribution is 2.26. The molecule has 0 unspecified atom stereocenters. The minimum Gasteiger partial charge on any atom is -0.311 e. The molecule has 0 atom stereocenters. The van der Waals surface area contributed by atoms with Gasteiger partial charge < -0.3 is 9.47 Å². The minimum atomic E-state index is -0.384. The molecule has 154 valence electrons. The largest absolute Gasteiger partial charge is 0.311 e. The topological polar surface area (TPSA) is 74.8 Å². The first kappa shape index (κ1) is 21.8. The lowest BCUT2D eigenvalue weighted by Gasteiger charge is -2.21. The number of benzene rings is 2. The second-order valence-electron chi connectivity index (χ2n) is 6.28. The standard InChI is InChI=1S/C21H19ClFN5OS/c1-2-27-20(15-5-3-6-16(22)13-15)25-26-21(27)30-14-19(29)28(12-4-11-24)18-9-7-17(23)8-10-18/h3,5-10,13H,2,4,12,14H2,1H3. The average molecular weight is 444 g/mol. The Hall–Kier alpha value is -2.89. The van der Waals surface area contributed by atoms with Crippen molar-refractivity contribution in [3.8, 4) is 17.5 Å². The van der Waals surface area contributed by atoms with Gasteiger partial charge in [0.1, 0.15) is 5.82 Å². The van der Waals surface area contributed by atoms with Crippen LogP contribution < -0.4 is 4.90 Å². The maximum atomic E-state index is 13.2. The Morgan fingerprint density at radius 2 is 2.03 bits per heavy atom. The zero-order valence-electron chi connectivity index (χ0n) is 16.3. The number of nitrogens with zero attached hydrogens (tertiary/aromatic N) is 5. The first-order valence-corrected chi connectivity index (χ1v) is 10.6. The lowest BCUT2D eigenvalue weighted by Crippen LogP contribution is -2.33. The molecule has 0 fully saturated rings. The first-order chi connectivity index (χ1) is 14.5. The molecule has 3 aromatic rings. The molecule has 3 rings (SSSR count). The van der Waals surface area contributed by atoms with Crippen molar-refractivity contribution in [3.63, 3.8) is 0 Å². The second-order valence-corrected chi connectivity index (χ2v) is 7.66. The van der Waals surface area contributed by atoms with Crippen LogP contribution in [0.4, 0.5) is 10.1 Å². The highest BCUT2D eigenvalue weighted by Gasteiger charge is 2.19. The maximum Gasteiger partial charge on any atom is 0.237 e. The zero-order chi connectivity index (χ0) is 21.5. The van der Waals surface area contributed by atoms with Crippen LogP contribution in [-0.2, 0) is 11.3 Å². The minimum absolute atomic E-state index is 0.108. The molecule has 0 radical (unpaired) electrons. The zero-order valence-corrected chi connectivity index (χ0v) is 17.8. The van der Waals surface area contributed by atoms with E-state index in [0.717, 1.165) is 5.56 Å². The van der Waals surface area contributed by atoms with E-state index in [-0.39, 0.29) is 30.4 Å². The number of aromatic nitrogens is 3. The molecule has 9 heteroatoms. The molecule has 1 amide bonds. The summed E-state index contributed by atoms with van der Waals surface area (Å²) in [6.07, 6.45) is 0.178. The monoisotopic (exact) mass is 443 g/mol. The number of hydrogen-bond donors (Lipinski definition) is 0. The molecule has 30 heavy (non-hydrogen) atoms. The van der Waals surface area contributed by atoms with Crippen LogP contribution in [0.3, 0.4) is 0 Å². The van der Waals surface area contributed by atoms with Gasteiger partial charge in [0.05, 0.1) is 18.2 Å². The van der Waals surface area contributed by atoms with Crippen molar-refractivity contribution >= 4 is 35.0 Å². The number of nitriles is 1. The van der Waals surface area contributed by atoms with Gasteiger partial charge in [0.25, 0.3) is 0 Å². The van der Waals surface area contributed by atoms with E-state index in [0.29, 0.717) is 28.2 Å². The molecule has 0 spiro atoms. The smallest absolute Gasteiger partial charge is 0.237 e. The third kappa shape index (κ3) is 5.17. The van der Waals surface area contributed by atoms with Crippen molar-refractivity contribution in [2.75, 3.05) is 17.2 Å². The molecule has 1 aromatic heterocycles. The molecule has 6 nitrogen and oxygen atoms in total. The number of halogens is 2. The van der Waals surface area contributed by atoms with Crippen LogP contribution in [0.2, 0.25) is 5.02 Å². The summed E-state index contributed by atoms with van der Waals surface area (Å²) in [6, 6.07) is 15.0. The Morgan fingerprint density at radius 1 is 1.27 bits per heavy atom. The van der Waals surface area contributed by atoms with Gasteiger partial charge in [-0.2, -0.15) is 5.26 Å². The fourth-order valence-corrected chi connectivity index (χ4v) is 3.98. The predicted molar refractivity (Wildman–Crippen MR) is 116 cm³/mol. The summed E-state index contributed by atoms with van der Waals surface area (Å²) in [7, 11) is 0. The van der Waals surface area contributed by atoms with E-state index < -0.39 is 0 Å². The molecule has 0 aliphatic heterocycles. The Morgan fingerprint density at radius 3 is 2.70 bits per heavy atom. The number of amides is 1. The average Bonchev–Trinajstić information content (AvgIpc) is 3.16. The molecule has 0 saturated carbocycles. The fraction of sp³-hybridized carbons (Fsp3) is 0.238. The molecular weight excluding hydrogens is 425 g/mol. The number of anilines is 1. The third-order valence-corrected chi connectivity index (χ3v) is 5.51. The van der Waals surface area contributed by atoms with E-state index in [4.69, 9.17) is 16.9 Å². The van der Waals surface area contributed by atoms with Crippen LogP contribution in [0, 0.1) is 17.1 Å². The summed E-state index contributed by atoms with van der Waals surface area (Å²) in [5.41, 5.74) is 1.39. The van der Waals surface area contributed by atoms with Gasteiger partial charge in [-0.1, -0.05) is 35.5 Å². The van der Waals surface area contributed by atoms with Crippen LogP contribution in [0.5, 0.6) is 0 Å². The van der Waals surface area contributed by atoms with Gasteiger partial charge in [-0.3, -0.25) is 4.79 Å². The number of carbonyl (C=O) groups is 1. The van der Waals surface area contributed by atoms with E-state index >= 15 is 0 Å². The quantitative estimate of drug-likeness (QED) is 0.467. The van der Waals surface area contributed by atoms with Crippen molar-refractivity contribution in [2.24, 2.45) is 0 Å². The molecule has 0 N–H and O–H groups in total. The second kappa shape index (κ2) is 10.2. The lowest BCUT2D eigenvalue weighted by atomic mass is 10.2. The van der Waals surface area contributed by atoms with E-state index in [1.54, 1.807) is 6.07 Å². The van der Waals surface area contributed by atoms with Crippen molar-refractivity contribution in [1.82, 2.24) is 14.8 Å². The molecule has 2 aromatic carbocycles. The lowest BCUT2D eigenvalue weighted by molar-refractivity contribution is -0.116. The molecule has 0 aliphatic carbocycles. The fourth-order valence-electron chi connectivity index (χ4n) is 2.91. The number of rotatable bonds is 8. The van der Waals surface area contributed by atoms with Crippen LogP contribution in [0.15, 0.2) is 53.7 Å². The Kier molecular flexibility index (Phi) is 7.44. The molecule has 1 heterocycles. The van der Waals surface area contributed by atoms with E-state index in [1.165, 1.54) is 40.9 Å². The highest BCUT2D eigenvalue weighted by molar-refractivity contribution is 7.99. The van der Waals surface area contributed by atoms with Crippen LogP contribution >= 0.6 is 23.4 Å². The van der Waals surface area contributed by atoms with Gasteiger partial charge in [-0.15, -0.1) is 10.2 Å². The predicted octanol–water partition coefficient (Wildman–Crippen LogP) is 4.80. The van der Waals surface area contributed by atoms with Crippen LogP contribution in [0.1, 0.15) is 13.3 Å². The van der Waals surface area contributed by atoms with Crippen molar-refractivity contribution in [3.05, 3.63) is 59.4 Å². The summed E-state index contributed by atoms with van der Waals surface area (Å²) in [5, 5.41) is 18.6. The van der Waals surface area contributed by atoms with Gasteiger partial charge in [-0.05, 0) is 43.3 Å². The SMILES string of the molecule is CCn1c(SCC(=O)N(CCC#N)c2ccc(F)cc2)nnc1-c1cccc(Cl)c1. The van der Waals surface area contributed by atoms with Gasteiger partial charge in [-0.25, -0.2) is 4.39 Å². The molecule has 0 saturated heterocycles. The summed E-state index contributed by atoms with van der Waals surface area (Å²) >= 11 is 7.35. The third-order valence-electron chi connectivity index (χ3n) is 4.33. The molecule has 0 aliphatic rings. The van der Waals surface area contributed by atoms with Gasteiger partial charge in [0.15, 0.2) is 11.0 Å². The molecular formula is C21H19ClFN5OS. The van der Waals surface area contributed by atoms with E-state index in [9.17, 15) is 9.18 Å². The van der Waals surface area contributed by atoms with E-state index in [1.807, 2.05) is 35.8 Å². The van der Waals surface area contributed by atoms with Gasteiger partial charge in [0, 0.05) is 29.4 Å². The van der Waals surface area contributed by atoms with E-state index in [2.05, 4.69) is 10.2 Å². The Labute approximate surface area is 183 Å². The number of thioether (sulfide) groups is 1. The van der Waals surface area contributed by atoms with Gasteiger partial charge in [0.2, 0.25) is 5.91 Å². The van der Waals surface area contributed by atoms with Crippen LogP contribution in [-0.4, -0.2) is 33.0 Å². The normalized spacial score (nSPS) is 10.6. The Balaban J connectivity index is 1.77. The van der Waals surface area contributed by atoms with Crippen molar-refractivity contribution in [2.45, 2.75) is 25.0 Å². The summed E-state index contributed by atoms with van der Waals surface area (Å²) in [5.74, 6) is 0.202. The van der Waals surface area contributed by atoms with Crippen LogP contribution in [0.25, 0.3) is 11.4 Å². The van der Waals surface area contributed by atoms with Crippen molar-refractivity contribution < 1.29 is 9.18 Å². The maximum absolute atomic E-state index is 13.2. The van der Waals surface area contributed by atoms with Gasteiger partial charge >= 0.3 is 0 Å². The summed E-state index contributed by atoms with van der Waals surface area (Å²) in [6.45, 7) is 2.83. The number of carbonyl (C=O) groups excluding carboxylic acids is 1. The highest BCUT2D eigenvalue weighted by atomic mass is 35.5. The summed E-state index contributed by atoms with van der Waals surface area (Å²) in [4.78, 5) is 14.3. The Bertz CT molecular complexity index is 1060. The number of hydrogen-bond acceptors (Lipinski definition) is 5. The summed E-state index contributed by atoms with van der Waals surface area (Å²) < 4.78 is 15.2. The van der Waals surface area contributed by atoms with Crippen molar-refractivity contribution in [1.29, 1.82) is 5.26 Å². The molecule has 0 bridgehead atoms.